The molecule has 22 heavy (non-hydrogen) atoms. The van der Waals surface area contributed by atoms with Gasteiger partial charge in [-0.25, -0.2) is 4.79 Å². The Morgan fingerprint density at radius 3 is 2.55 bits per heavy atom. The minimum absolute atomic E-state index is 0.0616. The number of hydrogen-bond donors (Lipinski definition) is 2. The van der Waals surface area contributed by atoms with Gasteiger partial charge in [-0.3, -0.25) is 4.79 Å². The third kappa shape index (κ3) is 7.42. The van der Waals surface area contributed by atoms with Crippen molar-refractivity contribution < 1.29 is 19.4 Å². The van der Waals surface area contributed by atoms with Crippen LogP contribution in [0.4, 0.5) is 4.79 Å². The molecule has 1 heterocycles. The van der Waals surface area contributed by atoms with Crippen LogP contribution >= 0.6 is 11.3 Å². The number of rotatable bonds is 7. The zero-order valence-electron chi connectivity index (χ0n) is 13.5. The summed E-state index contributed by atoms with van der Waals surface area (Å²) in [6, 6.07) is 3.76. The number of carboxylic acid groups (broad SMARTS) is 1. The number of nitrogens with zero attached hydrogens (tertiary/aromatic N) is 1. The number of thiophene rings is 1. The fourth-order valence-corrected chi connectivity index (χ4v) is 2.63. The highest BCUT2D eigenvalue weighted by atomic mass is 32.1. The Morgan fingerprint density at radius 2 is 1.95 bits per heavy atom. The molecule has 1 amide bonds. The molecule has 1 aromatic rings. The normalized spacial score (nSPS) is 11.3. The van der Waals surface area contributed by atoms with E-state index in [1.54, 1.807) is 7.05 Å². The van der Waals surface area contributed by atoms with E-state index in [4.69, 9.17) is 9.84 Å². The van der Waals surface area contributed by atoms with Crippen molar-refractivity contribution in [2.24, 2.45) is 0 Å². The molecule has 0 aromatic carbocycles. The summed E-state index contributed by atoms with van der Waals surface area (Å²) in [5.41, 5.74) is -0.490. The predicted octanol–water partition coefficient (Wildman–Crippen LogP) is 2.33. The second-order valence-electron chi connectivity index (χ2n) is 6.02. The quantitative estimate of drug-likeness (QED) is 0.751. The van der Waals surface area contributed by atoms with Crippen LogP contribution < -0.4 is 5.32 Å². The highest BCUT2D eigenvalue weighted by molar-refractivity contribution is 7.12. The Hall–Kier alpha value is -1.60. The topological polar surface area (TPSA) is 78.9 Å². The number of amides is 1. The predicted molar refractivity (Wildman–Crippen MR) is 86.2 cm³/mol. The molecule has 0 fully saturated rings. The average molecular weight is 328 g/mol. The molecule has 0 bridgehead atoms. The first-order valence-corrected chi connectivity index (χ1v) is 7.93. The molecule has 0 aliphatic carbocycles. The average Bonchev–Trinajstić information content (AvgIpc) is 2.79. The monoisotopic (exact) mass is 328 g/mol. The Kier molecular flexibility index (Phi) is 6.83. The van der Waals surface area contributed by atoms with E-state index < -0.39 is 11.6 Å². The minimum Gasteiger partial charge on any atom is -0.481 e. The second-order valence-corrected chi connectivity index (χ2v) is 7.27. The third-order valence-corrected chi connectivity index (χ3v) is 3.76. The van der Waals surface area contributed by atoms with E-state index >= 15 is 0 Å². The lowest BCUT2D eigenvalue weighted by molar-refractivity contribution is -0.136. The van der Waals surface area contributed by atoms with Crippen molar-refractivity contribution in [3.05, 3.63) is 21.9 Å². The largest absolute Gasteiger partial charge is 0.481 e. The summed E-state index contributed by atoms with van der Waals surface area (Å²) in [6.07, 6.45) is -0.277. The molecule has 0 saturated carbocycles. The highest BCUT2D eigenvalue weighted by Gasteiger charge is 2.19. The van der Waals surface area contributed by atoms with Gasteiger partial charge in [0.05, 0.1) is 6.42 Å². The molecule has 6 nitrogen and oxygen atoms in total. The summed E-state index contributed by atoms with van der Waals surface area (Å²) in [4.78, 5) is 25.8. The Labute approximate surface area is 135 Å². The summed E-state index contributed by atoms with van der Waals surface area (Å²) < 4.78 is 5.26. The van der Waals surface area contributed by atoms with Crippen molar-refractivity contribution in [2.45, 2.75) is 39.3 Å². The van der Waals surface area contributed by atoms with Gasteiger partial charge in [-0.15, -0.1) is 11.3 Å². The summed E-state index contributed by atoms with van der Waals surface area (Å²) in [6.45, 7) is 7.35. The number of carbonyl (C=O) groups is 2. The van der Waals surface area contributed by atoms with Gasteiger partial charge in [-0.05, 0) is 32.9 Å². The van der Waals surface area contributed by atoms with Crippen LogP contribution in [0.25, 0.3) is 0 Å². The van der Waals surface area contributed by atoms with Crippen LogP contribution in [-0.2, 0) is 22.5 Å². The van der Waals surface area contributed by atoms with Gasteiger partial charge < -0.3 is 20.1 Å². The Bertz CT molecular complexity index is 508. The number of aliphatic carboxylic acids is 1. The molecular formula is C15H24N2O4S. The number of hydrogen-bond acceptors (Lipinski definition) is 5. The number of carbonyl (C=O) groups excluding carboxylic acids is 1. The van der Waals surface area contributed by atoms with Crippen molar-refractivity contribution in [3.8, 4) is 0 Å². The van der Waals surface area contributed by atoms with Gasteiger partial charge in [-0.1, -0.05) is 0 Å². The number of ether oxygens (including phenoxy) is 1. The van der Waals surface area contributed by atoms with Crippen LogP contribution in [-0.4, -0.2) is 47.8 Å². The van der Waals surface area contributed by atoms with Crippen LogP contribution in [0.2, 0.25) is 0 Å². The van der Waals surface area contributed by atoms with E-state index in [-0.39, 0.29) is 12.5 Å². The second kappa shape index (κ2) is 8.14. The van der Waals surface area contributed by atoms with Gasteiger partial charge in [0.25, 0.3) is 0 Å². The van der Waals surface area contributed by atoms with E-state index in [1.165, 1.54) is 16.2 Å². The van der Waals surface area contributed by atoms with Gasteiger partial charge in [0, 0.05) is 36.4 Å². The molecule has 0 atom stereocenters. The van der Waals surface area contributed by atoms with Gasteiger partial charge in [0.15, 0.2) is 0 Å². The fraction of sp³-hybridized carbons (Fsp3) is 0.600. The maximum atomic E-state index is 11.8. The number of nitrogens with one attached hydrogen (secondary N) is 1. The van der Waals surface area contributed by atoms with Crippen molar-refractivity contribution in [1.82, 2.24) is 10.2 Å². The maximum Gasteiger partial charge on any atom is 0.410 e. The van der Waals surface area contributed by atoms with E-state index in [2.05, 4.69) is 5.32 Å². The lowest BCUT2D eigenvalue weighted by atomic mass is 10.2. The lowest BCUT2D eigenvalue weighted by Crippen LogP contribution is -2.37. The summed E-state index contributed by atoms with van der Waals surface area (Å²) in [5.74, 6) is -0.819. The molecule has 0 aliphatic heterocycles. The molecule has 2 N–H and O–H groups in total. The highest BCUT2D eigenvalue weighted by Crippen LogP contribution is 2.16. The van der Waals surface area contributed by atoms with Gasteiger partial charge >= 0.3 is 12.1 Å². The standard InChI is InChI=1S/C15H24N2O4S/c1-15(2,3)21-14(20)17(4)8-7-16-10-12-6-5-11(22-12)9-13(18)19/h5-6,16H,7-10H2,1-4H3,(H,18,19). The molecule has 124 valence electrons. The molecule has 0 saturated heterocycles. The summed E-state index contributed by atoms with van der Waals surface area (Å²) in [7, 11) is 1.70. The van der Waals surface area contributed by atoms with Crippen LogP contribution in [0.3, 0.4) is 0 Å². The summed E-state index contributed by atoms with van der Waals surface area (Å²) in [5, 5.41) is 12.0. The fourth-order valence-electron chi connectivity index (χ4n) is 1.65. The lowest BCUT2D eigenvalue weighted by Gasteiger charge is -2.24. The maximum absolute atomic E-state index is 11.8. The van der Waals surface area contributed by atoms with Crippen LogP contribution in [0.1, 0.15) is 30.5 Å². The first-order chi connectivity index (χ1) is 10.2. The number of carboxylic acids is 1. The van der Waals surface area contributed by atoms with Crippen LogP contribution in [0.15, 0.2) is 12.1 Å². The molecule has 0 unspecified atom stereocenters. The molecular weight excluding hydrogens is 304 g/mol. The van der Waals surface area contributed by atoms with Crippen molar-refractivity contribution in [3.63, 3.8) is 0 Å². The third-order valence-electron chi connectivity index (χ3n) is 2.67. The zero-order chi connectivity index (χ0) is 16.8. The zero-order valence-corrected chi connectivity index (χ0v) is 14.3. The Morgan fingerprint density at radius 1 is 1.32 bits per heavy atom. The minimum atomic E-state index is -0.819. The van der Waals surface area contributed by atoms with Gasteiger partial charge in [-0.2, -0.15) is 0 Å². The smallest absolute Gasteiger partial charge is 0.410 e. The molecule has 0 radical (unpaired) electrons. The van der Waals surface area contributed by atoms with Crippen LogP contribution in [0, 0.1) is 0 Å². The van der Waals surface area contributed by atoms with Gasteiger partial charge in [0.2, 0.25) is 0 Å². The van der Waals surface area contributed by atoms with Crippen molar-refractivity contribution >= 4 is 23.4 Å². The van der Waals surface area contributed by atoms with E-state index in [9.17, 15) is 9.59 Å². The number of likely N-dealkylation sites (N-methyl/N-ethyl adjacent to an activating group) is 1. The molecule has 0 aliphatic rings. The molecule has 1 rings (SSSR count). The van der Waals surface area contributed by atoms with Crippen molar-refractivity contribution in [1.29, 1.82) is 0 Å². The summed E-state index contributed by atoms with van der Waals surface area (Å²) >= 11 is 1.49. The molecule has 7 heteroatoms. The van der Waals surface area contributed by atoms with E-state index in [0.29, 0.717) is 19.6 Å². The molecule has 1 aromatic heterocycles. The SMILES string of the molecule is CN(CCNCc1ccc(CC(=O)O)s1)C(=O)OC(C)(C)C. The first-order valence-electron chi connectivity index (χ1n) is 7.11. The first kappa shape index (κ1) is 18.4. The Balaban J connectivity index is 2.26. The van der Waals surface area contributed by atoms with Crippen molar-refractivity contribution in [2.75, 3.05) is 20.1 Å². The van der Waals surface area contributed by atoms with E-state index in [0.717, 1.165) is 9.75 Å². The van der Waals surface area contributed by atoms with E-state index in [1.807, 2.05) is 32.9 Å². The molecule has 0 spiro atoms. The van der Waals surface area contributed by atoms with Gasteiger partial charge in [0.1, 0.15) is 5.60 Å². The van der Waals surface area contributed by atoms with Crippen LogP contribution in [0.5, 0.6) is 0 Å².